The molecule has 0 saturated heterocycles. The van der Waals surface area contributed by atoms with Crippen molar-refractivity contribution in [3.63, 3.8) is 0 Å². The second kappa shape index (κ2) is 12.9. The molecule has 0 atom stereocenters. The highest BCUT2D eigenvalue weighted by Gasteiger charge is 2.39. The van der Waals surface area contributed by atoms with Crippen LogP contribution in [0.5, 0.6) is 11.5 Å². The SMILES string of the molecule is [2H]C([2H])([2H])c1cccc2c1[N+](c1cc(C(C)(C)C)cc(C(C)(C)C)c1)=C=[N+]2c1cccc(Oc2ccc3c4cc(F)ccc4n(-c4cc(C(C)(C)C)ccn4)c3c2)c1. The summed E-state index contributed by atoms with van der Waals surface area (Å²) < 4.78 is 52.7. The summed E-state index contributed by atoms with van der Waals surface area (Å²) >= 11 is 0. The van der Waals surface area contributed by atoms with Gasteiger partial charge in [-0.1, -0.05) is 86.6 Å². The van der Waals surface area contributed by atoms with Crippen LogP contribution in [0, 0.1) is 12.7 Å². The molecule has 3 heterocycles. The van der Waals surface area contributed by atoms with Gasteiger partial charge >= 0.3 is 11.7 Å². The highest BCUT2D eigenvalue weighted by molar-refractivity contribution is 6.09. The summed E-state index contributed by atoms with van der Waals surface area (Å²) in [7, 11) is 0. The van der Waals surface area contributed by atoms with E-state index >= 15 is 0 Å². The number of ether oxygens (including phenoxy) is 1. The molecule has 276 valence electrons. The first-order valence-corrected chi connectivity index (χ1v) is 18.8. The predicted molar refractivity (Wildman–Crippen MR) is 227 cm³/mol. The molecular formula is C49H49FN4O+2. The van der Waals surface area contributed by atoms with Gasteiger partial charge in [0.05, 0.1) is 17.1 Å². The lowest BCUT2D eigenvalue weighted by Crippen LogP contribution is -2.17. The number of nitrogens with zero attached hydrogens (tertiary/aromatic N) is 4. The Morgan fingerprint density at radius 1 is 0.636 bits per heavy atom. The monoisotopic (exact) mass is 731 g/mol. The smallest absolute Gasteiger partial charge is 0.457 e. The van der Waals surface area contributed by atoms with Crippen LogP contribution in [-0.2, 0) is 16.2 Å². The Morgan fingerprint density at radius 3 is 2.05 bits per heavy atom. The van der Waals surface area contributed by atoms with Gasteiger partial charge in [0.25, 0.3) is 5.69 Å². The summed E-state index contributed by atoms with van der Waals surface area (Å²) in [5, 5.41) is 1.67. The van der Waals surface area contributed by atoms with Crippen LogP contribution in [0.4, 0.5) is 27.1 Å². The maximum atomic E-state index is 14.7. The molecule has 6 heteroatoms. The van der Waals surface area contributed by atoms with E-state index in [2.05, 4.69) is 97.2 Å². The van der Waals surface area contributed by atoms with Crippen LogP contribution in [0.15, 0.2) is 115 Å². The summed E-state index contributed by atoms with van der Waals surface area (Å²) in [5.74, 6) is 1.60. The molecule has 0 saturated carbocycles. The Morgan fingerprint density at radius 2 is 1.35 bits per heavy atom. The number of fused-ring (bicyclic) bond motifs is 4. The molecule has 0 fully saturated rings. The van der Waals surface area contributed by atoms with Crippen molar-refractivity contribution in [1.29, 1.82) is 0 Å². The van der Waals surface area contributed by atoms with E-state index in [1.807, 2.05) is 69.9 Å². The van der Waals surface area contributed by atoms with E-state index in [4.69, 9.17) is 13.8 Å². The van der Waals surface area contributed by atoms with Crippen LogP contribution in [0.2, 0.25) is 0 Å². The van der Waals surface area contributed by atoms with Crippen molar-refractivity contribution < 1.29 is 13.2 Å². The van der Waals surface area contributed by atoms with Crippen LogP contribution in [0.25, 0.3) is 27.6 Å². The molecule has 0 N–H and O–H groups in total. The maximum absolute atomic E-state index is 14.7. The van der Waals surface area contributed by atoms with Gasteiger partial charge in [-0.3, -0.25) is 4.57 Å². The molecule has 5 nitrogen and oxygen atoms in total. The van der Waals surface area contributed by atoms with E-state index in [1.54, 1.807) is 24.3 Å². The van der Waals surface area contributed by atoms with Crippen molar-refractivity contribution in [2.75, 3.05) is 0 Å². The third-order valence-electron chi connectivity index (χ3n) is 10.4. The van der Waals surface area contributed by atoms with E-state index in [0.717, 1.165) is 55.7 Å². The van der Waals surface area contributed by atoms with E-state index in [9.17, 15) is 4.39 Å². The standard InChI is InChI=1S/C49H49FN4O/c1-31-13-11-16-43-46(31)53(37-24-33(48(5,6)7)23-34(25-37)49(8,9)10)30-52(43)36-14-12-15-38(28-36)55-39-18-19-40-41-27-35(50)17-20-42(41)54(44(40)29-39)45-26-32(21-22-51-45)47(2,3)4/h11-29H,1-10H3/q+2/i1D3. The van der Waals surface area contributed by atoms with Gasteiger partial charge in [0.1, 0.15) is 23.1 Å². The zero-order chi connectivity index (χ0) is 41.5. The van der Waals surface area contributed by atoms with E-state index < -0.39 is 6.85 Å². The number of pyridine rings is 1. The normalized spacial score (nSPS) is 14.3. The summed E-state index contributed by atoms with van der Waals surface area (Å²) in [4.78, 5) is 4.77. The third kappa shape index (κ3) is 6.66. The third-order valence-corrected chi connectivity index (χ3v) is 10.4. The number of halogens is 1. The fraction of sp³-hybridized carbons (Fsp3) is 0.265. The Kier molecular flexibility index (Phi) is 7.63. The van der Waals surface area contributed by atoms with Crippen molar-refractivity contribution in [3.8, 4) is 17.3 Å². The summed E-state index contributed by atoms with van der Waals surface area (Å²) in [5.41, 5.74) is 7.84. The average molecular weight is 732 g/mol. The Labute approximate surface area is 327 Å². The lowest BCUT2D eigenvalue weighted by Gasteiger charge is -2.24. The van der Waals surface area contributed by atoms with Crippen LogP contribution in [0.3, 0.4) is 0 Å². The molecule has 0 amide bonds. The van der Waals surface area contributed by atoms with Gasteiger partial charge in [-0.25, -0.2) is 9.37 Å². The first-order chi connectivity index (χ1) is 27.2. The van der Waals surface area contributed by atoms with Crippen molar-refractivity contribution in [3.05, 3.63) is 143 Å². The fourth-order valence-corrected chi connectivity index (χ4v) is 7.25. The van der Waals surface area contributed by atoms with Gasteiger partial charge in [0.15, 0.2) is 0 Å². The molecule has 2 aromatic heterocycles. The number of hydrogen-bond acceptors (Lipinski definition) is 2. The van der Waals surface area contributed by atoms with Gasteiger partial charge in [-0.2, -0.15) is 0 Å². The first kappa shape index (κ1) is 32.6. The number of aryl methyl sites for hydroxylation is 1. The molecule has 7 aromatic rings. The van der Waals surface area contributed by atoms with Crippen molar-refractivity contribution in [2.24, 2.45) is 0 Å². The number of para-hydroxylation sites is 1. The number of hydrogen-bond donors (Lipinski definition) is 0. The molecule has 0 aliphatic carbocycles. The molecule has 0 unspecified atom stereocenters. The number of rotatable bonds is 5. The molecule has 0 spiro atoms. The molecule has 0 radical (unpaired) electrons. The van der Waals surface area contributed by atoms with E-state index in [0.29, 0.717) is 22.9 Å². The molecule has 5 aromatic carbocycles. The first-order valence-electron chi connectivity index (χ1n) is 20.3. The zero-order valence-corrected chi connectivity index (χ0v) is 33.0. The second-order valence-electron chi connectivity index (χ2n) is 17.6. The van der Waals surface area contributed by atoms with Crippen molar-refractivity contribution >= 4 is 50.6 Å². The fourth-order valence-electron chi connectivity index (χ4n) is 7.25. The molecular weight excluding hydrogens is 680 g/mol. The van der Waals surface area contributed by atoms with Crippen molar-refractivity contribution in [1.82, 2.24) is 18.7 Å². The molecule has 0 bridgehead atoms. The lowest BCUT2D eigenvalue weighted by atomic mass is 9.80. The molecule has 1 aliphatic rings. The average Bonchev–Trinajstić information content (AvgIpc) is 3.69. The Hall–Kier alpha value is -5.84. The Balaban J connectivity index is 1.26. The van der Waals surface area contributed by atoms with Crippen LogP contribution in [0.1, 0.15) is 88.7 Å². The van der Waals surface area contributed by atoms with Gasteiger partial charge in [0.2, 0.25) is 11.4 Å². The highest BCUT2D eigenvalue weighted by Crippen LogP contribution is 2.42. The molecule has 55 heavy (non-hydrogen) atoms. The van der Waals surface area contributed by atoms with Gasteiger partial charge < -0.3 is 4.74 Å². The minimum Gasteiger partial charge on any atom is -0.457 e. The second-order valence-corrected chi connectivity index (χ2v) is 17.6. The van der Waals surface area contributed by atoms with E-state index in [1.165, 1.54) is 6.07 Å². The van der Waals surface area contributed by atoms with Crippen LogP contribution in [-0.4, -0.2) is 15.6 Å². The van der Waals surface area contributed by atoms with Gasteiger partial charge in [-0.15, -0.1) is 0 Å². The quantitative estimate of drug-likeness (QED) is 0.165. The van der Waals surface area contributed by atoms with Gasteiger partial charge in [-0.05, 0) is 97.5 Å². The predicted octanol–water partition coefficient (Wildman–Crippen LogP) is 13.2. The molecule has 8 rings (SSSR count). The lowest BCUT2D eigenvalue weighted by molar-refractivity contribution is 0.483. The number of aromatic nitrogens is 2. The minimum atomic E-state index is -2.36. The summed E-state index contributed by atoms with van der Waals surface area (Å²) in [6, 6.07) is 38.0. The maximum Gasteiger partial charge on any atom is 0.503 e. The van der Waals surface area contributed by atoms with Gasteiger partial charge in [0, 0.05) is 57.0 Å². The summed E-state index contributed by atoms with van der Waals surface area (Å²) in [6.07, 6.45) is 1.82. The van der Waals surface area contributed by atoms with Crippen LogP contribution >= 0.6 is 0 Å². The Bertz CT molecular complexity index is 2830. The van der Waals surface area contributed by atoms with Crippen molar-refractivity contribution in [2.45, 2.75) is 85.4 Å². The van der Waals surface area contributed by atoms with Crippen LogP contribution < -0.4 is 13.9 Å². The number of benzene rings is 5. The topological polar surface area (TPSA) is 33.1 Å². The zero-order valence-electron chi connectivity index (χ0n) is 36.0. The largest absolute Gasteiger partial charge is 0.503 e. The highest BCUT2D eigenvalue weighted by atomic mass is 19.1. The summed E-state index contributed by atoms with van der Waals surface area (Å²) in [6.45, 7) is 17.3. The molecule has 1 aliphatic heterocycles. The van der Waals surface area contributed by atoms with E-state index in [-0.39, 0.29) is 27.6 Å². The minimum absolute atomic E-state index is 0.0935.